The molecule has 1 amide bonds. The lowest BCUT2D eigenvalue weighted by atomic mass is 9.57. The van der Waals surface area contributed by atoms with Crippen molar-refractivity contribution in [2.75, 3.05) is 27.2 Å². The third kappa shape index (κ3) is 4.82. The van der Waals surface area contributed by atoms with Crippen LogP contribution in [0.1, 0.15) is 36.0 Å². The summed E-state index contributed by atoms with van der Waals surface area (Å²) in [4.78, 5) is 42.9. The van der Waals surface area contributed by atoms with Crippen molar-refractivity contribution in [3.63, 3.8) is 0 Å². The van der Waals surface area contributed by atoms with E-state index in [1.54, 1.807) is 20.2 Å². The lowest BCUT2D eigenvalue weighted by Crippen LogP contribution is -2.65. The molecule has 10 nitrogen and oxygen atoms in total. The predicted octanol–water partition coefficient (Wildman–Crippen LogP) is 2.86. The van der Waals surface area contributed by atoms with Gasteiger partial charge < -0.3 is 26.2 Å². The summed E-state index contributed by atoms with van der Waals surface area (Å²) < 4.78 is 27.1. The number of rotatable bonds is 5. The van der Waals surface area contributed by atoms with Crippen molar-refractivity contribution in [3.05, 3.63) is 70.0 Å². The number of amides is 1. The number of nitrogens with zero attached hydrogens (tertiary/aromatic N) is 2. The molecular weight excluding hydrogens is 588 g/mol. The Morgan fingerprint density at radius 2 is 1.69 bits per heavy atom. The molecule has 2 unspecified atom stereocenters. The van der Waals surface area contributed by atoms with E-state index in [2.05, 4.69) is 0 Å². The van der Waals surface area contributed by atoms with E-state index in [-0.39, 0.29) is 42.6 Å². The molecule has 6 rings (SSSR count). The van der Waals surface area contributed by atoms with Gasteiger partial charge in [-0.2, -0.15) is 0 Å². The maximum atomic E-state index is 14.0. The van der Waals surface area contributed by atoms with E-state index in [4.69, 9.17) is 5.73 Å². The van der Waals surface area contributed by atoms with Gasteiger partial charge in [0, 0.05) is 44.0 Å². The van der Waals surface area contributed by atoms with Gasteiger partial charge in [-0.15, -0.1) is 0 Å². The van der Waals surface area contributed by atoms with E-state index in [1.165, 1.54) is 11.0 Å². The Labute approximate surface area is 258 Å². The SMILES string of the molecule is CN(C)[C@@H]1C(=O)C(C(N)=O)=C(O)[C@@]2(O)C(=O)C3=C(O)c4c(O)ccc(-c5ccc(CN6CCC(F)(F)CC6)cc5)c4CC3CC12. The molecule has 0 spiro atoms. The number of piperidine rings is 1. The first-order valence-electron chi connectivity index (χ1n) is 14.8. The molecule has 238 valence electrons. The van der Waals surface area contributed by atoms with Gasteiger partial charge in [0.05, 0.1) is 11.6 Å². The fourth-order valence-electron chi connectivity index (χ4n) is 7.60. The highest BCUT2D eigenvalue weighted by atomic mass is 19.3. The number of alkyl halides is 2. The number of Topliss-reactive ketones (excluding diaryl/α,β-unsaturated/α-hetero) is 2. The molecular formula is C33H35F2N3O7. The summed E-state index contributed by atoms with van der Waals surface area (Å²) in [6, 6.07) is 9.48. The second-order valence-electron chi connectivity index (χ2n) is 12.8. The third-order valence-electron chi connectivity index (χ3n) is 9.86. The molecule has 1 saturated carbocycles. The Morgan fingerprint density at radius 1 is 1.04 bits per heavy atom. The molecule has 2 fully saturated rings. The summed E-state index contributed by atoms with van der Waals surface area (Å²) in [5, 5.41) is 45.1. The lowest BCUT2D eigenvalue weighted by Gasteiger charge is -2.50. The van der Waals surface area contributed by atoms with Gasteiger partial charge >= 0.3 is 0 Å². The topological polar surface area (TPSA) is 165 Å². The molecule has 0 aromatic heterocycles. The van der Waals surface area contributed by atoms with Crippen molar-refractivity contribution in [1.82, 2.24) is 9.80 Å². The van der Waals surface area contributed by atoms with Crippen LogP contribution >= 0.6 is 0 Å². The number of primary amides is 1. The van der Waals surface area contributed by atoms with Gasteiger partial charge in [0.15, 0.2) is 11.4 Å². The standard InChI is InChI=1S/C33H35F2N3O7/c1-37(2)26-21-14-18-13-20-19(17-5-3-16(4-6-17)15-38-11-9-32(34,35)10-12-38)7-8-22(39)24(20)27(40)23(18)29(42)33(21,45)30(43)25(28(26)41)31(36)44/h3-8,18,21,26,39-40,43,45H,9-15H2,1-2H3,(H2,36,44)/t18?,21?,26-,33-/m0/s1. The Bertz CT molecular complexity index is 1670. The van der Waals surface area contributed by atoms with Crippen LogP contribution in [0.4, 0.5) is 8.78 Å². The fourth-order valence-corrected chi connectivity index (χ4v) is 7.60. The van der Waals surface area contributed by atoms with Gasteiger partial charge in [0.25, 0.3) is 11.8 Å². The van der Waals surface area contributed by atoms with E-state index in [1.807, 2.05) is 29.2 Å². The minimum atomic E-state index is -2.70. The molecule has 1 heterocycles. The number of nitrogens with two attached hydrogens (primary N) is 1. The molecule has 2 aromatic carbocycles. The van der Waals surface area contributed by atoms with Gasteiger partial charge in [-0.05, 0) is 61.2 Å². The zero-order valence-electron chi connectivity index (χ0n) is 24.9. The normalized spacial score (nSPS) is 28.2. The molecule has 1 aliphatic heterocycles. The van der Waals surface area contributed by atoms with Gasteiger partial charge in [-0.25, -0.2) is 8.78 Å². The van der Waals surface area contributed by atoms with E-state index >= 15 is 0 Å². The van der Waals surface area contributed by atoms with Crippen LogP contribution < -0.4 is 5.73 Å². The summed E-state index contributed by atoms with van der Waals surface area (Å²) in [5.74, 6) is -9.60. The number of halogens is 2. The summed E-state index contributed by atoms with van der Waals surface area (Å²) in [6.07, 6.45) is -0.175. The number of ketones is 2. The molecule has 1 saturated heterocycles. The molecule has 3 aliphatic carbocycles. The van der Waals surface area contributed by atoms with Crippen molar-refractivity contribution >= 4 is 23.2 Å². The number of aromatic hydroxyl groups is 1. The Hall–Kier alpha value is -4.13. The maximum Gasteiger partial charge on any atom is 0.255 e. The zero-order valence-corrected chi connectivity index (χ0v) is 24.9. The molecule has 0 bridgehead atoms. The van der Waals surface area contributed by atoms with Crippen LogP contribution in [0.2, 0.25) is 0 Å². The number of fused-ring (bicyclic) bond motifs is 3. The van der Waals surface area contributed by atoms with Crippen LogP contribution in [0.25, 0.3) is 16.9 Å². The van der Waals surface area contributed by atoms with Gasteiger partial charge in [0.1, 0.15) is 22.8 Å². The third-order valence-corrected chi connectivity index (χ3v) is 9.86. The molecule has 45 heavy (non-hydrogen) atoms. The van der Waals surface area contributed by atoms with E-state index < -0.39 is 64.0 Å². The number of phenols is 1. The van der Waals surface area contributed by atoms with Crippen LogP contribution in [-0.2, 0) is 27.3 Å². The van der Waals surface area contributed by atoms with Crippen LogP contribution in [0, 0.1) is 11.8 Å². The molecule has 4 aliphatic rings. The molecule has 6 N–H and O–H groups in total. The largest absolute Gasteiger partial charge is 0.508 e. The summed E-state index contributed by atoms with van der Waals surface area (Å²) >= 11 is 0. The van der Waals surface area contributed by atoms with Crippen molar-refractivity contribution in [2.24, 2.45) is 17.6 Å². The van der Waals surface area contributed by atoms with Crippen molar-refractivity contribution < 1.29 is 43.6 Å². The maximum absolute atomic E-state index is 14.0. The number of likely N-dealkylation sites (tertiary alicyclic amines) is 1. The van der Waals surface area contributed by atoms with Crippen LogP contribution in [0.15, 0.2) is 53.3 Å². The number of carbonyl (C=O) groups is 3. The number of hydrogen-bond donors (Lipinski definition) is 5. The first-order valence-corrected chi connectivity index (χ1v) is 14.8. The average Bonchev–Trinajstić information content (AvgIpc) is 2.96. The predicted molar refractivity (Wildman–Crippen MR) is 159 cm³/mol. The number of phenolic OH excluding ortho intramolecular Hbond substituents is 1. The summed E-state index contributed by atoms with van der Waals surface area (Å²) in [7, 11) is 3.10. The smallest absolute Gasteiger partial charge is 0.255 e. The van der Waals surface area contributed by atoms with Crippen molar-refractivity contribution in [3.8, 4) is 16.9 Å². The number of aliphatic hydroxyl groups is 3. The van der Waals surface area contributed by atoms with Crippen LogP contribution in [-0.4, -0.2) is 92.4 Å². The molecule has 4 atom stereocenters. The number of aliphatic hydroxyl groups excluding tert-OH is 2. The first kappa shape index (κ1) is 30.9. The number of hydrogen-bond acceptors (Lipinski definition) is 9. The molecule has 12 heteroatoms. The van der Waals surface area contributed by atoms with Crippen molar-refractivity contribution in [2.45, 2.75) is 49.8 Å². The zero-order chi connectivity index (χ0) is 32.6. The summed E-state index contributed by atoms with van der Waals surface area (Å²) in [6.45, 7) is 1.14. The molecule has 0 radical (unpaired) electrons. The monoisotopic (exact) mass is 623 g/mol. The number of benzene rings is 2. The molecule has 2 aromatic rings. The fraction of sp³-hybridized carbons (Fsp3) is 0.424. The minimum Gasteiger partial charge on any atom is -0.508 e. The van der Waals surface area contributed by atoms with Crippen LogP contribution in [0.3, 0.4) is 0 Å². The van der Waals surface area contributed by atoms with Crippen molar-refractivity contribution in [1.29, 1.82) is 0 Å². The highest BCUT2D eigenvalue weighted by Gasteiger charge is 2.64. The quantitative estimate of drug-likeness (QED) is 0.315. The Morgan fingerprint density at radius 3 is 2.29 bits per heavy atom. The highest BCUT2D eigenvalue weighted by molar-refractivity contribution is 6.24. The Balaban J connectivity index is 1.38. The number of likely N-dealkylation sites (N-methyl/N-ethyl adjacent to an activating group) is 1. The highest BCUT2D eigenvalue weighted by Crippen LogP contribution is 2.53. The Kier molecular flexibility index (Phi) is 7.37. The van der Waals surface area contributed by atoms with Gasteiger partial charge in [0.2, 0.25) is 5.78 Å². The van der Waals surface area contributed by atoms with Gasteiger partial charge in [-0.3, -0.25) is 24.2 Å². The second kappa shape index (κ2) is 10.7. The lowest BCUT2D eigenvalue weighted by molar-refractivity contribution is -0.153. The summed E-state index contributed by atoms with van der Waals surface area (Å²) in [5.41, 5.74) is 4.58. The van der Waals surface area contributed by atoms with E-state index in [0.717, 1.165) is 11.1 Å². The van der Waals surface area contributed by atoms with Crippen LogP contribution in [0.5, 0.6) is 5.75 Å². The van der Waals surface area contributed by atoms with E-state index in [9.17, 15) is 43.6 Å². The first-order chi connectivity index (χ1) is 21.2. The second-order valence-corrected chi connectivity index (χ2v) is 12.8. The average molecular weight is 624 g/mol. The van der Waals surface area contributed by atoms with E-state index in [0.29, 0.717) is 30.8 Å². The van der Waals surface area contributed by atoms with Gasteiger partial charge in [-0.1, -0.05) is 30.3 Å². The number of carbonyl (C=O) groups excluding carboxylic acids is 3. The minimum absolute atomic E-state index is 0.00528.